The zero-order valence-corrected chi connectivity index (χ0v) is 8.68. The maximum absolute atomic E-state index is 5.41. The van der Waals surface area contributed by atoms with Crippen LogP contribution in [0.5, 0.6) is 0 Å². The van der Waals surface area contributed by atoms with Gasteiger partial charge in [0.2, 0.25) is 0 Å². The van der Waals surface area contributed by atoms with E-state index in [-0.39, 0.29) is 11.6 Å². The maximum Gasteiger partial charge on any atom is 0.0675 e. The van der Waals surface area contributed by atoms with E-state index >= 15 is 0 Å². The molecule has 0 radical (unpaired) electrons. The topological polar surface area (TPSA) is 21.3 Å². The van der Waals surface area contributed by atoms with Crippen LogP contribution in [0.3, 0.4) is 0 Å². The number of ether oxygens (including phenoxy) is 1. The van der Waals surface area contributed by atoms with E-state index in [0.717, 1.165) is 6.54 Å². The molecule has 0 aliphatic heterocycles. The van der Waals surface area contributed by atoms with Crippen LogP contribution >= 0.6 is 0 Å². The lowest BCUT2D eigenvalue weighted by Crippen LogP contribution is -2.40. The van der Waals surface area contributed by atoms with E-state index in [9.17, 15) is 0 Å². The van der Waals surface area contributed by atoms with Gasteiger partial charge in [-0.15, -0.1) is 6.58 Å². The molecule has 0 aliphatic rings. The summed E-state index contributed by atoms with van der Waals surface area (Å²) in [5, 5.41) is 3.37. The van der Waals surface area contributed by atoms with Gasteiger partial charge in [0, 0.05) is 12.1 Å². The fourth-order valence-corrected chi connectivity index (χ4v) is 0.741. The summed E-state index contributed by atoms with van der Waals surface area (Å²) in [6.07, 6.45) is 2.02. The normalized spacial score (nSPS) is 14.3. The standard InChI is InChI=1S/C10H21NO/c1-6-7-12-9(2)8-11-10(3,4)5/h6,9,11H,1,7-8H2,2-5H3. The van der Waals surface area contributed by atoms with Gasteiger partial charge < -0.3 is 10.1 Å². The second-order valence-electron chi connectivity index (χ2n) is 4.06. The van der Waals surface area contributed by atoms with E-state index in [0.29, 0.717) is 6.61 Å². The van der Waals surface area contributed by atoms with Gasteiger partial charge in [0.25, 0.3) is 0 Å². The molecule has 0 amide bonds. The highest BCUT2D eigenvalue weighted by molar-refractivity contribution is 4.72. The first-order valence-electron chi connectivity index (χ1n) is 4.43. The third kappa shape index (κ3) is 7.76. The lowest BCUT2D eigenvalue weighted by atomic mass is 10.1. The zero-order chi connectivity index (χ0) is 9.61. The Morgan fingerprint density at radius 1 is 1.50 bits per heavy atom. The molecule has 0 saturated carbocycles. The minimum Gasteiger partial charge on any atom is -0.373 e. The van der Waals surface area contributed by atoms with Gasteiger partial charge in [-0.3, -0.25) is 0 Å². The summed E-state index contributed by atoms with van der Waals surface area (Å²) < 4.78 is 5.41. The number of nitrogens with one attached hydrogen (secondary N) is 1. The van der Waals surface area contributed by atoms with Crippen molar-refractivity contribution in [1.29, 1.82) is 0 Å². The highest BCUT2D eigenvalue weighted by Crippen LogP contribution is 1.99. The first-order chi connectivity index (χ1) is 5.45. The molecule has 0 spiro atoms. The third-order valence-corrected chi connectivity index (χ3v) is 1.42. The molecular weight excluding hydrogens is 150 g/mol. The van der Waals surface area contributed by atoms with Crippen LogP contribution < -0.4 is 5.32 Å². The van der Waals surface area contributed by atoms with Gasteiger partial charge in [0.05, 0.1) is 12.7 Å². The monoisotopic (exact) mass is 171 g/mol. The predicted octanol–water partition coefficient (Wildman–Crippen LogP) is 1.97. The Labute approximate surface area is 76.0 Å². The summed E-state index contributed by atoms with van der Waals surface area (Å²) >= 11 is 0. The molecule has 0 aliphatic carbocycles. The largest absolute Gasteiger partial charge is 0.373 e. The van der Waals surface area contributed by atoms with Crippen LogP contribution in [0.4, 0.5) is 0 Å². The molecule has 12 heavy (non-hydrogen) atoms. The zero-order valence-electron chi connectivity index (χ0n) is 8.68. The molecule has 2 heteroatoms. The Hall–Kier alpha value is -0.340. The Morgan fingerprint density at radius 3 is 2.50 bits per heavy atom. The second kappa shape index (κ2) is 5.33. The summed E-state index contributed by atoms with van der Waals surface area (Å²) in [5.41, 5.74) is 0.172. The van der Waals surface area contributed by atoms with E-state index in [1.54, 1.807) is 6.08 Å². The Bertz CT molecular complexity index is 126. The first-order valence-corrected chi connectivity index (χ1v) is 4.43. The summed E-state index contributed by atoms with van der Waals surface area (Å²) in [4.78, 5) is 0. The lowest BCUT2D eigenvalue weighted by molar-refractivity contribution is 0.0827. The minimum absolute atomic E-state index is 0.172. The molecule has 1 atom stereocenters. The average molecular weight is 171 g/mol. The molecule has 0 heterocycles. The number of hydrogen-bond acceptors (Lipinski definition) is 2. The van der Waals surface area contributed by atoms with Crippen molar-refractivity contribution in [1.82, 2.24) is 5.32 Å². The van der Waals surface area contributed by atoms with Crippen molar-refractivity contribution in [3.63, 3.8) is 0 Å². The Balaban J connectivity index is 3.43. The van der Waals surface area contributed by atoms with Gasteiger partial charge in [-0.2, -0.15) is 0 Å². The van der Waals surface area contributed by atoms with E-state index in [4.69, 9.17) is 4.74 Å². The van der Waals surface area contributed by atoms with Crippen molar-refractivity contribution in [2.75, 3.05) is 13.2 Å². The van der Waals surface area contributed by atoms with Crippen LogP contribution in [0.2, 0.25) is 0 Å². The van der Waals surface area contributed by atoms with E-state index in [2.05, 4.69) is 39.6 Å². The smallest absolute Gasteiger partial charge is 0.0675 e. The molecule has 0 bridgehead atoms. The molecular formula is C10H21NO. The van der Waals surface area contributed by atoms with Crippen molar-refractivity contribution in [3.05, 3.63) is 12.7 Å². The van der Waals surface area contributed by atoms with E-state index < -0.39 is 0 Å². The van der Waals surface area contributed by atoms with Crippen molar-refractivity contribution in [3.8, 4) is 0 Å². The quantitative estimate of drug-likeness (QED) is 0.638. The Kier molecular flexibility index (Phi) is 5.18. The fourth-order valence-electron chi connectivity index (χ4n) is 0.741. The first kappa shape index (κ1) is 11.7. The van der Waals surface area contributed by atoms with Gasteiger partial charge in [0.15, 0.2) is 0 Å². The molecule has 0 saturated heterocycles. The van der Waals surface area contributed by atoms with E-state index in [1.165, 1.54) is 0 Å². The van der Waals surface area contributed by atoms with Crippen LogP contribution in [0.25, 0.3) is 0 Å². The van der Waals surface area contributed by atoms with E-state index in [1.807, 2.05) is 0 Å². The maximum atomic E-state index is 5.41. The number of rotatable bonds is 5. The second-order valence-corrected chi connectivity index (χ2v) is 4.06. The number of hydrogen-bond donors (Lipinski definition) is 1. The highest BCUT2D eigenvalue weighted by atomic mass is 16.5. The third-order valence-electron chi connectivity index (χ3n) is 1.42. The van der Waals surface area contributed by atoms with Crippen LogP contribution in [0.1, 0.15) is 27.7 Å². The van der Waals surface area contributed by atoms with Crippen molar-refractivity contribution >= 4 is 0 Å². The summed E-state index contributed by atoms with van der Waals surface area (Å²) in [5.74, 6) is 0. The highest BCUT2D eigenvalue weighted by Gasteiger charge is 2.10. The lowest BCUT2D eigenvalue weighted by Gasteiger charge is -2.23. The fraction of sp³-hybridized carbons (Fsp3) is 0.800. The molecule has 0 aromatic carbocycles. The summed E-state index contributed by atoms with van der Waals surface area (Å²) in [6, 6.07) is 0. The SMILES string of the molecule is C=CCOC(C)CNC(C)(C)C. The Morgan fingerprint density at radius 2 is 2.08 bits per heavy atom. The molecule has 0 fully saturated rings. The predicted molar refractivity (Wildman–Crippen MR) is 53.4 cm³/mol. The van der Waals surface area contributed by atoms with Gasteiger partial charge in [-0.25, -0.2) is 0 Å². The molecule has 1 unspecified atom stereocenters. The van der Waals surface area contributed by atoms with Crippen molar-refractivity contribution in [2.24, 2.45) is 0 Å². The molecule has 72 valence electrons. The summed E-state index contributed by atoms with van der Waals surface area (Å²) in [6.45, 7) is 13.6. The van der Waals surface area contributed by atoms with Crippen molar-refractivity contribution < 1.29 is 4.74 Å². The van der Waals surface area contributed by atoms with Gasteiger partial charge in [0.1, 0.15) is 0 Å². The molecule has 0 aromatic heterocycles. The van der Waals surface area contributed by atoms with Crippen molar-refractivity contribution in [2.45, 2.75) is 39.3 Å². The summed E-state index contributed by atoms with van der Waals surface area (Å²) in [7, 11) is 0. The van der Waals surface area contributed by atoms with Crippen LogP contribution in [-0.4, -0.2) is 24.8 Å². The van der Waals surface area contributed by atoms with Crippen LogP contribution in [0.15, 0.2) is 12.7 Å². The molecule has 1 N–H and O–H groups in total. The molecule has 0 rings (SSSR count). The minimum atomic E-state index is 0.172. The van der Waals surface area contributed by atoms with Gasteiger partial charge in [-0.05, 0) is 27.7 Å². The van der Waals surface area contributed by atoms with Gasteiger partial charge in [-0.1, -0.05) is 6.08 Å². The van der Waals surface area contributed by atoms with Crippen LogP contribution in [0, 0.1) is 0 Å². The molecule has 2 nitrogen and oxygen atoms in total. The average Bonchev–Trinajstić information content (AvgIpc) is 1.95. The van der Waals surface area contributed by atoms with Gasteiger partial charge >= 0.3 is 0 Å². The molecule has 0 aromatic rings. The van der Waals surface area contributed by atoms with Crippen LogP contribution in [-0.2, 0) is 4.74 Å².